The summed E-state index contributed by atoms with van der Waals surface area (Å²) in [5.74, 6) is 0.0172. The highest BCUT2D eigenvalue weighted by Gasteiger charge is 2.29. The van der Waals surface area contributed by atoms with Crippen LogP contribution in [0, 0.1) is 6.92 Å². The lowest BCUT2D eigenvalue weighted by atomic mass is 10.2. The zero-order chi connectivity index (χ0) is 16.9. The second-order valence-corrected chi connectivity index (χ2v) is 5.39. The largest absolute Gasteiger partial charge is 0.485 e. The van der Waals surface area contributed by atoms with Crippen molar-refractivity contribution in [1.29, 1.82) is 0 Å². The molecule has 0 fully saturated rings. The highest BCUT2D eigenvalue weighted by molar-refractivity contribution is 5.93. The maximum atomic E-state index is 12.0. The van der Waals surface area contributed by atoms with Gasteiger partial charge in [0.05, 0.1) is 0 Å². The van der Waals surface area contributed by atoms with Crippen LogP contribution in [-0.2, 0) is 14.3 Å². The van der Waals surface area contributed by atoms with Gasteiger partial charge in [0.2, 0.25) is 6.10 Å². The van der Waals surface area contributed by atoms with Crippen LogP contribution in [0.25, 0.3) is 0 Å². The number of para-hydroxylation sites is 2. The molecular weight excluding hydrogens is 310 g/mol. The standard InChI is InChI=1S/C18H17NO5/c1-12-5-4-6-13(9-12)19-17(20)11-23-18(21)16-10-22-14-7-2-3-8-15(14)24-16/h2-9,16H,10-11H2,1H3,(H,19,20). The molecule has 1 N–H and O–H groups in total. The number of hydrogen-bond acceptors (Lipinski definition) is 5. The molecule has 1 aliphatic heterocycles. The van der Waals surface area contributed by atoms with Gasteiger partial charge >= 0.3 is 5.97 Å². The van der Waals surface area contributed by atoms with Gasteiger partial charge in [0.1, 0.15) is 6.61 Å². The number of nitrogens with one attached hydrogen (secondary N) is 1. The zero-order valence-corrected chi connectivity index (χ0v) is 13.2. The molecule has 24 heavy (non-hydrogen) atoms. The average molecular weight is 327 g/mol. The lowest BCUT2D eigenvalue weighted by Crippen LogP contribution is -2.39. The van der Waals surface area contributed by atoms with Gasteiger partial charge in [-0.15, -0.1) is 0 Å². The number of fused-ring (bicyclic) bond motifs is 1. The zero-order valence-electron chi connectivity index (χ0n) is 13.2. The number of carbonyl (C=O) groups excluding carboxylic acids is 2. The Labute approximate surface area is 139 Å². The van der Waals surface area contributed by atoms with Gasteiger partial charge < -0.3 is 19.5 Å². The monoisotopic (exact) mass is 327 g/mol. The summed E-state index contributed by atoms with van der Waals surface area (Å²) in [5, 5.41) is 2.67. The van der Waals surface area contributed by atoms with Gasteiger partial charge in [-0.1, -0.05) is 24.3 Å². The number of carbonyl (C=O) groups is 2. The van der Waals surface area contributed by atoms with Crippen LogP contribution in [0.15, 0.2) is 48.5 Å². The number of ether oxygens (including phenoxy) is 3. The normalized spacial score (nSPS) is 15.5. The number of amides is 1. The first-order valence-corrected chi connectivity index (χ1v) is 7.53. The predicted octanol–water partition coefficient (Wildman–Crippen LogP) is 2.32. The summed E-state index contributed by atoms with van der Waals surface area (Å²) in [4.78, 5) is 23.9. The number of esters is 1. The van der Waals surface area contributed by atoms with E-state index in [0.717, 1.165) is 5.56 Å². The molecule has 1 amide bonds. The smallest absolute Gasteiger partial charge is 0.351 e. The van der Waals surface area contributed by atoms with Crippen LogP contribution in [0.4, 0.5) is 5.69 Å². The van der Waals surface area contributed by atoms with Crippen LogP contribution in [0.3, 0.4) is 0 Å². The fraction of sp³-hybridized carbons (Fsp3) is 0.222. The van der Waals surface area contributed by atoms with Crippen LogP contribution in [-0.4, -0.2) is 31.2 Å². The minimum atomic E-state index is -0.883. The number of rotatable bonds is 4. The van der Waals surface area contributed by atoms with Crippen LogP contribution in [0.5, 0.6) is 11.5 Å². The van der Waals surface area contributed by atoms with Gasteiger partial charge in [-0.25, -0.2) is 4.79 Å². The molecule has 0 spiro atoms. The van der Waals surface area contributed by atoms with E-state index in [-0.39, 0.29) is 13.2 Å². The van der Waals surface area contributed by atoms with Crippen LogP contribution < -0.4 is 14.8 Å². The summed E-state index contributed by atoms with van der Waals surface area (Å²) < 4.78 is 16.0. The topological polar surface area (TPSA) is 73.9 Å². The Hall–Kier alpha value is -3.02. The minimum absolute atomic E-state index is 0.0509. The van der Waals surface area contributed by atoms with Crippen molar-refractivity contribution in [3.63, 3.8) is 0 Å². The van der Waals surface area contributed by atoms with E-state index in [2.05, 4.69) is 5.32 Å². The molecular formula is C18H17NO5. The first kappa shape index (κ1) is 15.9. The summed E-state index contributed by atoms with van der Waals surface area (Å²) in [7, 11) is 0. The molecule has 0 aromatic heterocycles. The van der Waals surface area contributed by atoms with Crippen LogP contribution in [0.2, 0.25) is 0 Å². The summed E-state index contributed by atoms with van der Waals surface area (Å²) in [6.07, 6.45) is -0.883. The van der Waals surface area contributed by atoms with E-state index < -0.39 is 18.0 Å². The fourth-order valence-corrected chi connectivity index (χ4v) is 2.29. The Morgan fingerprint density at radius 2 is 1.96 bits per heavy atom. The van der Waals surface area contributed by atoms with E-state index in [0.29, 0.717) is 17.2 Å². The van der Waals surface area contributed by atoms with E-state index in [9.17, 15) is 9.59 Å². The third-order valence-electron chi connectivity index (χ3n) is 3.42. The highest BCUT2D eigenvalue weighted by Crippen LogP contribution is 2.31. The second-order valence-electron chi connectivity index (χ2n) is 5.39. The molecule has 124 valence electrons. The molecule has 2 aromatic carbocycles. The SMILES string of the molecule is Cc1cccc(NC(=O)COC(=O)C2COc3ccccc3O2)c1. The van der Waals surface area contributed by atoms with E-state index in [4.69, 9.17) is 14.2 Å². The highest BCUT2D eigenvalue weighted by atomic mass is 16.6. The summed E-state index contributed by atoms with van der Waals surface area (Å²) in [6, 6.07) is 14.4. The number of anilines is 1. The van der Waals surface area contributed by atoms with Crippen LogP contribution >= 0.6 is 0 Å². The van der Waals surface area contributed by atoms with Crippen molar-refractivity contribution in [3.8, 4) is 11.5 Å². The number of benzene rings is 2. The van der Waals surface area contributed by atoms with Crippen molar-refractivity contribution >= 4 is 17.6 Å². The van der Waals surface area contributed by atoms with Gasteiger partial charge in [-0.3, -0.25) is 4.79 Å². The third-order valence-corrected chi connectivity index (χ3v) is 3.42. The lowest BCUT2D eigenvalue weighted by Gasteiger charge is -2.24. The molecule has 1 atom stereocenters. The minimum Gasteiger partial charge on any atom is -0.485 e. The molecule has 0 radical (unpaired) electrons. The maximum absolute atomic E-state index is 12.0. The van der Waals surface area contributed by atoms with Gasteiger partial charge in [0, 0.05) is 5.69 Å². The Morgan fingerprint density at radius 1 is 1.17 bits per heavy atom. The molecule has 6 nitrogen and oxygen atoms in total. The van der Waals surface area contributed by atoms with Crippen molar-refractivity contribution in [1.82, 2.24) is 0 Å². The van der Waals surface area contributed by atoms with Crippen molar-refractivity contribution in [2.24, 2.45) is 0 Å². The summed E-state index contributed by atoms with van der Waals surface area (Å²) >= 11 is 0. The van der Waals surface area contributed by atoms with E-state index in [1.165, 1.54) is 0 Å². The fourth-order valence-electron chi connectivity index (χ4n) is 2.29. The van der Waals surface area contributed by atoms with Gasteiger partial charge in [-0.2, -0.15) is 0 Å². The molecule has 2 aromatic rings. The van der Waals surface area contributed by atoms with Gasteiger partial charge in [0.25, 0.3) is 5.91 Å². The van der Waals surface area contributed by atoms with Crippen molar-refractivity contribution < 1.29 is 23.8 Å². The van der Waals surface area contributed by atoms with Crippen molar-refractivity contribution in [3.05, 3.63) is 54.1 Å². The van der Waals surface area contributed by atoms with Gasteiger partial charge in [-0.05, 0) is 36.8 Å². The molecule has 0 aliphatic carbocycles. The summed E-state index contributed by atoms with van der Waals surface area (Å²) in [5.41, 5.74) is 1.68. The molecule has 0 saturated heterocycles. The second kappa shape index (κ2) is 7.04. The first-order valence-electron chi connectivity index (χ1n) is 7.53. The van der Waals surface area contributed by atoms with E-state index in [1.807, 2.05) is 31.2 Å². The quantitative estimate of drug-likeness (QED) is 0.873. The predicted molar refractivity (Wildman–Crippen MR) is 87.1 cm³/mol. The average Bonchev–Trinajstić information content (AvgIpc) is 2.59. The number of aryl methyl sites for hydroxylation is 1. The first-order chi connectivity index (χ1) is 11.6. The Morgan fingerprint density at radius 3 is 2.75 bits per heavy atom. The Bertz CT molecular complexity index is 759. The maximum Gasteiger partial charge on any atom is 0.351 e. The van der Waals surface area contributed by atoms with E-state index >= 15 is 0 Å². The molecule has 6 heteroatoms. The van der Waals surface area contributed by atoms with Crippen molar-refractivity contribution in [2.45, 2.75) is 13.0 Å². The van der Waals surface area contributed by atoms with Crippen LogP contribution in [0.1, 0.15) is 5.56 Å². The lowest BCUT2D eigenvalue weighted by molar-refractivity contribution is -0.156. The number of hydrogen-bond donors (Lipinski definition) is 1. The van der Waals surface area contributed by atoms with Gasteiger partial charge in [0.15, 0.2) is 18.1 Å². The Kier molecular flexibility index (Phi) is 4.65. The van der Waals surface area contributed by atoms with Crippen molar-refractivity contribution in [2.75, 3.05) is 18.5 Å². The molecule has 1 heterocycles. The summed E-state index contributed by atoms with van der Waals surface area (Å²) in [6.45, 7) is 1.59. The third kappa shape index (κ3) is 3.84. The molecule has 1 unspecified atom stereocenters. The molecule has 1 aliphatic rings. The Balaban J connectivity index is 1.50. The van der Waals surface area contributed by atoms with E-state index in [1.54, 1.807) is 24.3 Å². The molecule has 0 bridgehead atoms. The molecule has 3 rings (SSSR count). The molecule has 0 saturated carbocycles.